The number of nitrogens with one attached hydrogen (secondary N) is 4. The molecular formula is C8H24N9P3. The van der Waals surface area contributed by atoms with Gasteiger partial charge in [0.25, 0.3) is 0 Å². The number of hydrogen-bond acceptors (Lipinski definition) is 9. The lowest BCUT2D eigenvalue weighted by molar-refractivity contribution is 0.847. The second kappa shape index (κ2) is 5.27. The summed E-state index contributed by atoms with van der Waals surface area (Å²) in [6, 6.07) is 0. The summed E-state index contributed by atoms with van der Waals surface area (Å²) in [6.45, 7) is 4.27. The van der Waals surface area contributed by atoms with Crippen molar-refractivity contribution in [1.82, 2.24) is 29.7 Å². The molecule has 0 unspecified atom stereocenters. The Bertz CT molecular complexity index is 534. The van der Waals surface area contributed by atoms with Crippen molar-refractivity contribution >= 4 is 22.5 Å². The molecule has 12 heteroatoms. The summed E-state index contributed by atoms with van der Waals surface area (Å²) in [4.78, 5) is 0. The first-order chi connectivity index (χ1) is 9.57. The highest BCUT2D eigenvalue weighted by Gasteiger charge is 2.46. The van der Waals surface area contributed by atoms with Crippen LogP contribution in [0.2, 0.25) is 0 Å². The Morgan fingerprint density at radius 2 is 1.10 bits per heavy atom. The van der Waals surface area contributed by atoms with Gasteiger partial charge in [-0.2, -0.15) is 13.5 Å². The number of rotatable bonds is 6. The minimum Gasteiger partial charge on any atom is -0.257 e. The average Bonchev–Trinajstić information content (AvgIpc) is 3.35. The van der Waals surface area contributed by atoms with Crippen molar-refractivity contribution in [1.29, 1.82) is 0 Å². The van der Waals surface area contributed by atoms with E-state index in [2.05, 4.69) is 29.7 Å². The Kier molecular flexibility index (Phi) is 4.04. The van der Waals surface area contributed by atoms with Gasteiger partial charge < -0.3 is 0 Å². The van der Waals surface area contributed by atoms with Gasteiger partial charge >= 0.3 is 0 Å². The second-order valence-corrected chi connectivity index (χ2v) is 13.4. The smallest absolute Gasteiger partial charge is 0.218 e. The van der Waals surface area contributed by atoms with Crippen LogP contribution >= 0.6 is 22.5 Å². The van der Waals surface area contributed by atoms with E-state index in [-0.39, 0.29) is 0 Å². The summed E-state index contributed by atoms with van der Waals surface area (Å²) >= 11 is 0. The molecule has 0 amide bonds. The molecule has 0 radical (unpaired) electrons. The third kappa shape index (κ3) is 2.39. The zero-order chi connectivity index (χ0) is 14.4. The molecule has 3 rings (SSSR count). The Labute approximate surface area is 120 Å². The molecule has 0 saturated carbocycles. The van der Waals surface area contributed by atoms with Crippen molar-refractivity contribution in [2.45, 2.75) is 0 Å². The molecule has 2 saturated heterocycles. The predicted octanol–water partition coefficient (Wildman–Crippen LogP) is 1.35. The number of hydrogen-bond donors (Lipinski definition) is 4. The lowest BCUT2D eigenvalue weighted by Crippen LogP contribution is -2.22. The van der Waals surface area contributed by atoms with E-state index >= 15 is 0 Å². The maximum absolute atomic E-state index is 5.16. The maximum atomic E-state index is 5.16. The lowest BCUT2D eigenvalue weighted by atomic mass is 11.0. The van der Waals surface area contributed by atoms with E-state index in [9.17, 15) is 0 Å². The molecular weight excluding hydrogens is 315 g/mol. The minimum atomic E-state index is -2.11. The highest BCUT2D eigenvalue weighted by molar-refractivity contribution is 7.83. The monoisotopic (exact) mass is 339 g/mol. The van der Waals surface area contributed by atoms with Gasteiger partial charge in [0.2, 0.25) is 22.5 Å². The lowest BCUT2D eigenvalue weighted by Gasteiger charge is -2.36. The fraction of sp³-hybridized carbons (Fsp3) is 1.00. The standard InChI is InChI=1S/C8H24N9P3/c1-9-18(10-2)13-19(11-3,16-5-6-16)15-20(12-4,14-18)17-7-8-17/h9-12H,5-8H2,1-4H3/t19-,20-/m0/s1. The Morgan fingerprint density at radius 3 is 1.45 bits per heavy atom. The summed E-state index contributed by atoms with van der Waals surface area (Å²) < 4.78 is 20.0. The van der Waals surface area contributed by atoms with Crippen LogP contribution in [0, 0.1) is 0 Å². The van der Waals surface area contributed by atoms with Gasteiger partial charge in [-0.3, -0.25) is 20.3 Å². The van der Waals surface area contributed by atoms with Crippen molar-refractivity contribution in [2.75, 3.05) is 54.4 Å². The van der Waals surface area contributed by atoms with Crippen molar-refractivity contribution in [3.8, 4) is 0 Å². The van der Waals surface area contributed by atoms with E-state index in [0.29, 0.717) is 0 Å². The summed E-state index contributed by atoms with van der Waals surface area (Å²) in [5, 5.41) is 13.5. The van der Waals surface area contributed by atoms with Crippen LogP contribution < -0.4 is 20.3 Å². The topological polar surface area (TPSA) is 91.2 Å². The molecule has 0 aromatic rings. The van der Waals surface area contributed by atoms with Crippen LogP contribution in [0.1, 0.15) is 0 Å². The first-order valence-electron chi connectivity index (χ1n) is 6.76. The van der Waals surface area contributed by atoms with Crippen LogP contribution in [0.5, 0.6) is 0 Å². The summed E-state index contributed by atoms with van der Waals surface area (Å²) in [5.74, 6) is 0. The normalized spacial score (nSPS) is 39.6. The number of nitrogens with zero attached hydrogens (tertiary/aromatic N) is 5. The Hall–Kier alpha value is 0.450. The Balaban J connectivity index is 2.24. The average molecular weight is 339 g/mol. The summed E-state index contributed by atoms with van der Waals surface area (Å²) in [7, 11) is 1.64. The summed E-state index contributed by atoms with van der Waals surface area (Å²) in [5.41, 5.74) is 0. The molecule has 2 atom stereocenters. The van der Waals surface area contributed by atoms with Crippen molar-refractivity contribution in [2.24, 2.45) is 13.5 Å². The van der Waals surface area contributed by atoms with Crippen LogP contribution in [0.4, 0.5) is 0 Å². The van der Waals surface area contributed by atoms with Gasteiger partial charge in [-0.15, -0.1) is 0 Å². The molecule has 20 heavy (non-hydrogen) atoms. The molecule has 0 bridgehead atoms. The van der Waals surface area contributed by atoms with E-state index < -0.39 is 22.5 Å². The van der Waals surface area contributed by atoms with Gasteiger partial charge in [-0.1, -0.05) is 0 Å². The van der Waals surface area contributed by atoms with Gasteiger partial charge in [0.15, 0.2) is 0 Å². The molecule has 0 aromatic carbocycles. The first kappa shape index (κ1) is 15.3. The molecule has 0 spiro atoms. The fourth-order valence-electron chi connectivity index (χ4n) is 2.21. The SMILES string of the molecule is CNP1(NC)=N[P@](NC)(N2CC2)=N[P@@](NC)(N2CC2)=N1. The minimum absolute atomic E-state index is 1.07. The largest absolute Gasteiger partial charge is 0.257 e. The highest BCUT2D eigenvalue weighted by Crippen LogP contribution is 2.76. The molecule has 3 aliphatic heterocycles. The van der Waals surface area contributed by atoms with Crippen LogP contribution in [0.25, 0.3) is 0 Å². The molecule has 3 aliphatic rings. The van der Waals surface area contributed by atoms with Crippen LogP contribution in [-0.4, -0.2) is 63.7 Å². The van der Waals surface area contributed by atoms with E-state index in [1.165, 1.54) is 0 Å². The van der Waals surface area contributed by atoms with Crippen LogP contribution in [-0.2, 0) is 0 Å². The van der Waals surface area contributed by atoms with E-state index in [1.54, 1.807) is 0 Å². The van der Waals surface area contributed by atoms with Crippen LogP contribution in [0.3, 0.4) is 0 Å². The molecule has 4 N–H and O–H groups in total. The van der Waals surface area contributed by atoms with Crippen molar-refractivity contribution < 1.29 is 0 Å². The molecule has 116 valence electrons. The van der Waals surface area contributed by atoms with Crippen molar-refractivity contribution in [3.63, 3.8) is 0 Å². The highest BCUT2D eigenvalue weighted by atomic mass is 31.3. The third-order valence-electron chi connectivity index (χ3n) is 3.62. The fourth-order valence-corrected chi connectivity index (χ4v) is 14.6. The molecule has 0 aliphatic carbocycles. The zero-order valence-corrected chi connectivity index (χ0v) is 15.1. The zero-order valence-electron chi connectivity index (χ0n) is 12.4. The van der Waals surface area contributed by atoms with Gasteiger partial charge in [0, 0.05) is 26.2 Å². The maximum Gasteiger partial charge on any atom is 0.218 e. The molecule has 9 nitrogen and oxygen atoms in total. The van der Waals surface area contributed by atoms with Gasteiger partial charge in [0.1, 0.15) is 0 Å². The van der Waals surface area contributed by atoms with Gasteiger partial charge in [-0.05, 0) is 28.2 Å². The quantitative estimate of drug-likeness (QED) is 0.431. The first-order valence-corrected chi connectivity index (χ1v) is 11.7. The second-order valence-electron chi connectivity index (χ2n) is 4.81. The van der Waals surface area contributed by atoms with Crippen LogP contribution in [0.15, 0.2) is 13.5 Å². The Morgan fingerprint density at radius 1 is 0.650 bits per heavy atom. The molecule has 0 aromatic heterocycles. The van der Waals surface area contributed by atoms with E-state index in [0.717, 1.165) is 26.2 Å². The third-order valence-corrected chi connectivity index (χ3v) is 14.5. The molecule has 3 heterocycles. The van der Waals surface area contributed by atoms with Gasteiger partial charge in [-0.25, -0.2) is 9.34 Å². The van der Waals surface area contributed by atoms with E-state index in [4.69, 9.17) is 13.5 Å². The predicted molar refractivity (Wildman–Crippen MR) is 87.4 cm³/mol. The van der Waals surface area contributed by atoms with Gasteiger partial charge in [0.05, 0.1) is 0 Å². The van der Waals surface area contributed by atoms with Crippen molar-refractivity contribution in [3.05, 3.63) is 0 Å². The summed E-state index contributed by atoms with van der Waals surface area (Å²) in [6.07, 6.45) is 0. The van der Waals surface area contributed by atoms with E-state index in [1.807, 2.05) is 28.2 Å². The molecule has 2 fully saturated rings.